The third kappa shape index (κ3) is 2.79. The van der Waals surface area contributed by atoms with Crippen LogP contribution in [0.4, 0.5) is 5.69 Å². The zero-order valence-corrected chi connectivity index (χ0v) is 12.1. The average Bonchev–Trinajstić information content (AvgIpc) is 2.78. The second kappa shape index (κ2) is 5.47. The monoisotopic (exact) mass is 267 g/mol. The summed E-state index contributed by atoms with van der Waals surface area (Å²) in [6.07, 6.45) is 1.19. The molecule has 18 heavy (non-hydrogen) atoms. The van der Waals surface area contributed by atoms with E-state index >= 15 is 0 Å². The molecule has 3 nitrogen and oxygen atoms in total. The molecule has 1 aliphatic rings. The van der Waals surface area contributed by atoms with Crippen LogP contribution in [0, 0.1) is 0 Å². The van der Waals surface area contributed by atoms with E-state index in [1.807, 2.05) is 13.0 Å². The minimum Gasteiger partial charge on any atom is -0.369 e. The Morgan fingerprint density at radius 1 is 1.44 bits per heavy atom. The lowest BCUT2D eigenvalue weighted by molar-refractivity contribution is 0.315. The van der Waals surface area contributed by atoms with Crippen LogP contribution in [0.3, 0.4) is 0 Å². The van der Waals surface area contributed by atoms with Gasteiger partial charge in [-0.25, -0.2) is 0 Å². The fourth-order valence-corrected chi connectivity index (χ4v) is 2.75. The largest absolute Gasteiger partial charge is 0.369 e. The fourth-order valence-electron chi connectivity index (χ4n) is 2.44. The highest BCUT2D eigenvalue weighted by Crippen LogP contribution is 2.31. The Balaban J connectivity index is 2.15. The van der Waals surface area contributed by atoms with Gasteiger partial charge < -0.3 is 15.5 Å². The van der Waals surface area contributed by atoms with Gasteiger partial charge in [-0.05, 0) is 45.1 Å². The number of hydrogen-bond acceptors (Lipinski definition) is 3. The van der Waals surface area contributed by atoms with Crippen molar-refractivity contribution in [2.45, 2.75) is 25.4 Å². The first-order chi connectivity index (χ1) is 8.49. The van der Waals surface area contributed by atoms with E-state index < -0.39 is 0 Å². The van der Waals surface area contributed by atoms with Gasteiger partial charge in [-0.15, -0.1) is 0 Å². The van der Waals surface area contributed by atoms with Crippen LogP contribution in [0.1, 0.15) is 24.9 Å². The number of anilines is 1. The van der Waals surface area contributed by atoms with Crippen LogP contribution in [0.2, 0.25) is 5.02 Å². The van der Waals surface area contributed by atoms with E-state index in [-0.39, 0.29) is 6.04 Å². The first-order valence-electron chi connectivity index (χ1n) is 6.45. The Kier molecular flexibility index (Phi) is 4.15. The van der Waals surface area contributed by atoms with Crippen LogP contribution in [0.25, 0.3) is 0 Å². The van der Waals surface area contributed by atoms with Crippen molar-refractivity contribution in [3.05, 3.63) is 28.8 Å². The summed E-state index contributed by atoms with van der Waals surface area (Å²) in [6, 6.07) is 6.82. The van der Waals surface area contributed by atoms with Crippen LogP contribution in [0.15, 0.2) is 18.2 Å². The third-order valence-electron chi connectivity index (χ3n) is 3.73. The molecule has 0 bridgehead atoms. The van der Waals surface area contributed by atoms with Gasteiger partial charge in [0.05, 0.1) is 10.7 Å². The summed E-state index contributed by atoms with van der Waals surface area (Å²) in [4.78, 5) is 4.64. The molecule has 1 aromatic rings. The number of rotatable bonds is 3. The normalized spacial score (nSPS) is 21.7. The molecule has 0 radical (unpaired) electrons. The maximum Gasteiger partial charge on any atom is 0.0642 e. The van der Waals surface area contributed by atoms with Gasteiger partial charge in [-0.2, -0.15) is 0 Å². The summed E-state index contributed by atoms with van der Waals surface area (Å²) in [6.45, 7) is 4.09. The molecule has 4 heteroatoms. The van der Waals surface area contributed by atoms with E-state index in [0.29, 0.717) is 6.04 Å². The number of nitrogens with two attached hydrogens (primary N) is 1. The summed E-state index contributed by atoms with van der Waals surface area (Å²) < 4.78 is 0. The smallest absolute Gasteiger partial charge is 0.0642 e. The molecule has 2 rings (SSSR count). The van der Waals surface area contributed by atoms with Crippen molar-refractivity contribution in [3.8, 4) is 0 Å². The van der Waals surface area contributed by atoms with Crippen molar-refractivity contribution in [2.75, 3.05) is 32.1 Å². The van der Waals surface area contributed by atoms with Gasteiger partial charge in [0.25, 0.3) is 0 Å². The van der Waals surface area contributed by atoms with Crippen molar-refractivity contribution >= 4 is 17.3 Å². The molecule has 0 saturated carbocycles. The molecule has 1 heterocycles. The Labute approximate surface area is 115 Å². The topological polar surface area (TPSA) is 32.5 Å². The maximum atomic E-state index is 6.37. The predicted molar refractivity (Wildman–Crippen MR) is 78.4 cm³/mol. The Morgan fingerprint density at radius 3 is 2.67 bits per heavy atom. The van der Waals surface area contributed by atoms with Crippen molar-refractivity contribution in [1.82, 2.24) is 4.90 Å². The zero-order valence-electron chi connectivity index (χ0n) is 11.4. The lowest BCUT2D eigenvalue weighted by atomic mass is 10.1. The van der Waals surface area contributed by atoms with Crippen LogP contribution in [-0.4, -0.2) is 38.1 Å². The SMILES string of the molecule is C[C@H](N)c1ccc(N2CCC(N(C)C)C2)c(Cl)c1. The molecule has 1 saturated heterocycles. The quantitative estimate of drug-likeness (QED) is 0.913. The fraction of sp³-hybridized carbons (Fsp3) is 0.571. The molecule has 2 atom stereocenters. The van der Waals surface area contributed by atoms with E-state index in [1.54, 1.807) is 0 Å². The van der Waals surface area contributed by atoms with Gasteiger partial charge in [-0.3, -0.25) is 0 Å². The molecule has 0 amide bonds. The van der Waals surface area contributed by atoms with E-state index in [9.17, 15) is 0 Å². The highest BCUT2D eigenvalue weighted by molar-refractivity contribution is 6.33. The molecule has 0 aliphatic carbocycles. The zero-order chi connectivity index (χ0) is 13.3. The maximum absolute atomic E-state index is 6.37. The predicted octanol–water partition coefficient (Wildman–Crippen LogP) is 2.50. The van der Waals surface area contributed by atoms with E-state index in [1.165, 1.54) is 6.42 Å². The Bertz CT molecular complexity index is 418. The lowest BCUT2D eigenvalue weighted by Crippen LogP contribution is -2.31. The third-order valence-corrected chi connectivity index (χ3v) is 4.03. The van der Waals surface area contributed by atoms with Crippen molar-refractivity contribution < 1.29 is 0 Å². The molecule has 1 aliphatic heterocycles. The molecule has 0 spiro atoms. The highest BCUT2D eigenvalue weighted by Gasteiger charge is 2.25. The first kappa shape index (κ1) is 13.7. The summed E-state index contributed by atoms with van der Waals surface area (Å²) in [7, 11) is 4.27. The van der Waals surface area contributed by atoms with Crippen molar-refractivity contribution in [2.24, 2.45) is 5.73 Å². The molecule has 1 aromatic carbocycles. The minimum atomic E-state index is 0.0321. The summed E-state index contributed by atoms with van der Waals surface area (Å²) >= 11 is 6.37. The number of benzene rings is 1. The van der Waals surface area contributed by atoms with E-state index in [0.717, 1.165) is 29.4 Å². The molecular weight excluding hydrogens is 246 g/mol. The Morgan fingerprint density at radius 2 is 2.17 bits per heavy atom. The molecule has 100 valence electrons. The van der Waals surface area contributed by atoms with Crippen LogP contribution in [-0.2, 0) is 0 Å². The molecular formula is C14H22ClN3. The van der Waals surface area contributed by atoms with Crippen molar-refractivity contribution in [1.29, 1.82) is 0 Å². The van der Waals surface area contributed by atoms with Gasteiger partial charge in [0.1, 0.15) is 0 Å². The lowest BCUT2D eigenvalue weighted by Gasteiger charge is -2.23. The second-order valence-electron chi connectivity index (χ2n) is 5.35. The molecule has 1 unspecified atom stereocenters. The highest BCUT2D eigenvalue weighted by atomic mass is 35.5. The number of nitrogens with zero attached hydrogens (tertiary/aromatic N) is 2. The summed E-state index contributed by atoms with van der Waals surface area (Å²) in [5.74, 6) is 0. The van der Waals surface area contributed by atoms with Gasteiger partial charge in [0.15, 0.2) is 0 Å². The minimum absolute atomic E-state index is 0.0321. The Hall–Kier alpha value is -0.770. The number of halogens is 1. The number of hydrogen-bond donors (Lipinski definition) is 1. The van der Waals surface area contributed by atoms with Gasteiger partial charge in [0, 0.05) is 25.2 Å². The van der Waals surface area contributed by atoms with Crippen LogP contribution in [0.5, 0.6) is 0 Å². The van der Waals surface area contributed by atoms with Crippen LogP contribution < -0.4 is 10.6 Å². The van der Waals surface area contributed by atoms with Crippen LogP contribution >= 0.6 is 11.6 Å². The van der Waals surface area contributed by atoms with Gasteiger partial charge >= 0.3 is 0 Å². The van der Waals surface area contributed by atoms with E-state index in [4.69, 9.17) is 17.3 Å². The summed E-state index contributed by atoms with van der Waals surface area (Å²) in [5.41, 5.74) is 8.09. The van der Waals surface area contributed by atoms with Crippen molar-refractivity contribution in [3.63, 3.8) is 0 Å². The first-order valence-corrected chi connectivity index (χ1v) is 6.83. The standard InChI is InChI=1S/C14H22ClN3/c1-10(16)11-4-5-14(13(15)8-11)18-7-6-12(9-18)17(2)3/h4-5,8,10,12H,6-7,9,16H2,1-3H3/t10-,12?/m0/s1. The van der Waals surface area contributed by atoms with Gasteiger partial charge in [0.2, 0.25) is 0 Å². The number of likely N-dealkylation sites (N-methyl/N-ethyl adjacent to an activating group) is 1. The summed E-state index contributed by atoms with van der Waals surface area (Å²) in [5, 5.41) is 0.809. The molecule has 0 aromatic heterocycles. The molecule has 2 N–H and O–H groups in total. The van der Waals surface area contributed by atoms with Gasteiger partial charge in [-0.1, -0.05) is 17.7 Å². The second-order valence-corrected chi connectivity index (χ2v) is 5.76. The van der Waals surface area contributed by atoms with E-state index in [2.05, 4.69) is 36.0 Å². The average molecular weight is 268 g/mol. The molecule has 1 fully saturated rings.